The second-order valence-corrected chi connectivity index (χ2v) is 7.30. The second-order valence-electron chi connectivity index (χ2n) is 6.25. The van der Waals surface area contributed by atoms with Crippen LogP contribution >= 0.6 is 11.8 Å². The smallest absolute Gasteiger partial charge is 0.251 e. The van der Waals surface area contributed by atoms with Crippen molar-refractivity contribution in [1.29, 1.82) is 0 Å². The summed E-state index contributed by atoms with van der Waals surface area (Å²) in [5.41, 5.74) is 0.885. The molecule has 0 spiro atoms. The molecule has 2 N–H and O–H groups in total. The zero-order chi connectivity index (χ0) is 21.5. The maximum atomic E-state index is 13.6. The molecule has 0 heterocycles. The highest BCUT2D eigenvalue weighted by Crippen LogP contribution is 2.22. The molecule has 0 aliphatic carbocycles. The summed E-state index contributed by atoms with van der Waals surface area (Å²) in [4.78, 5) is 25.2. The van der Waals surface area contributed by atoms with Crippen molar-refractivity contribution in [2.75, 3.05) is 11.9 Å². The fraction of sp³-hybridized carbons (Fsp3) is 0.0909. The predicted octanol–water partition coefficient (Wildman–Crippen LogP) is 4.76. The Morgan fingerprint density at radius 3 is 2.23 bits per heavy atom. The van der Waals surface area contributed by atoms with Crippen LogP contribution in [0.5, 0.6) is 0 Å². The van der Waals surface area contributed by atoms with Crippen molar-refractivity contribution in [2.24, 2.45) is 0 Å². The van der Waals surface area contributed by atoms with E-state index in [-0.39, 0.29) is 0 Å². The van der Waals surface area contributed by atoms with E-state index in [4.69, 9.17) is 0 Å². The van der Waals surface area contributed by atoms with Gasteiger partial charge in [0, 0.05) is 16.2 Å². The van der Waals surface area contributed by atoms with Gasteiger partial charge in [0.1, 0.15) is 0 Å². The molecule has 0 saturated carbocycles. The second kappa shape index (κ2) is 9.98. The zero-order valence-corrected chi connectivity index (χ0v) is 16.4. The lowest BCUT2D eigenvalue weighted by molar-refractivity contribution is -0.115. The number of amides is 2. The molecule has 2 amide bonds. The Morgan fingerprint density at radius 1 is 0.833 bits per heavy atom. The van der Waals surface area contributed by atoms with E-state index >= 15 is 0 Å². The number of nitrogens with one attached hydrogen (secondary N) is 2. The van der Waals surface area contributed by atoms with Crippen LogP contribution in [-0.2, 0) is 10.5 Å². The molecule has 0 fully saturated rings. The summed E-state index contributed by atoms with van der Waals surface area (Å²) in [7, 11) is 0. The van der Waals surface area contributed by atoms with Gasteiger partial charge in [-0.2, -0.15) is 0 Å². The molecule has 0 aliphatic rings. The molecule has 0 radical (unpaired) electrons. The lowest BCUT2D eigenvalue weighted by Crippen LogP contribution is -2.33. The van der Waals surface area contributed by atoms with E-state index in [1.807, 2.05) is 42.5 Å². The summed E-state index contributed by atoms with van der Waals surface area (Å²) in [5.74, 6) is -5.05. The molecule has 3 rings (SSSR count). The number of carbonyl (C=O) groups is 2. The molecule has 0 aromatic heterocycles. The summed E-state index contributed by atoms with van der Waals surface area (Å²) >= 11 is 1.67. The lowest BCUT2D eigenvalue weighted by Gasteiger charge is -2.09. The number of carbonyl (C=O) groups excluding carboxylic acids is 2. The SMILES string of the molecule is O=C(CNC(=O)c1ccc(CSc2ccccc2)cc1)Nc1ccc(F)c(F)c1F. The number of anilines is 1. The lowest BCUT2D eigenvalue weighted by atomic mass is 10.1. The van der Waals surface area contributed by atoms with Crippen molar-refractivity contribution in [3.8, 4) is 0 Å². The molecular formula is C22H17F3N2O2S. The standard InChI is InChI=1S/C22H17F3N2O2S/c23-17-10-11-18(21(25)20(17)24)27-19(28)12-26-22(29)15-8-6-14(7-9-15)13-30-16-4-2-1-3-5-16/h1-11H,12-13H2,(H,26,29)(H,27,28). The first kappa shape index (κ1) is 21.4. The summed E-state index contributed by atoms with van der Waals surface area (Å²) < 4.78 is 39.7. The van der Waals surface area contributed by atoms with Crippen LogP contribution in [0.1, 0.15) is 15.9 Å². The summed E-state index contributed by atoms with van der Waals surface area (Å²) in [6, 6.07) is 18.4. The van der Waals surface area contributed by atoms with E-state index < -0.39 is 41.5 Å². The molecule has 4 nitrogen and oxygen atoms in total. The summed E-state index contributed by atoms with van der Waals surface area (Å²) in [6.07, 6.45) is 0. The van der Waals surface area contributed by atoms with Crippen molar-refractivity contribution >= 4 is 29.3 Å². The van der Waals surface area contributed by atoms with Crippen LogP contribution in [-0.4, -0.2) is 18.4 Å². The van der Waals surface area contributed by atoms with Gasteiger partial charge >= 0.3 is 0 Å². The number of rotatable bonds is 7. The first-order valence-electron chi connectivity index (χ1n) is 8.92. The highest BCUT2D eigenvalue weighted by molar-refractivity contribution is 7.98. The van der Waals surface area contributed by atoms with Gasteiger partial charge in [0.15, 0.2) is 17.5 Å². The average Bonchev–Trinajstić information content (AvgIpc) is 2.77. The monoisotopic (exact) mass is 430 g/mol. The molecule has 0 unspecified atom stereocenters. The van der Waals surface area contributed by atoms with Crippen molar-refractivity contribution in [2.45, 2.75) is 10.6 Å². The Hall–Kier alpha value is -3.26. The van der Waals surface area contributed by atoms with Gasteiger partial charge in [-0.1, -0.05) is 30.3 Å². The highest BCUT2D eigenvalue weighted by atomic mass is 32.2. The van der Waals surface area contributed by atoms with Gasteiger partial charge < -0.3 is 10.6 Å². The van der Waals surface area contributed by atoms with Crippen molar-refractivity contribution in [3.05, 3.63) is 95.3 Å². The minimum atomic E-state index is -1.68. The summed E-state index contributed by atoms with van der Waals surface area (Å²) in [6.45, 7) is -0.455. The average molecular weight is 430 g/mol. The topological polar surface area (TPSA) is 58.2 Å². The minimum absolute atomic E-state index is 0.357. The highest BCUT2D eigenvalue weighted by Gasteiger charge is 2.15. The number of hydrogen-bond donors (Lipinski definition) is 2. The zero-order valence-electron chi connectivity index (χ0n) is 15.6. The first-order valence-corrected chi connectivity index (χ1v) is 9.91. The molecule has 3 aromatic rings. The van der Waals surface area contributed by atoms with Gasteiger partial charge in [-0.05, 0) is 42.0 Å². The maximum Gasteiger partial charge on any atom is 0.251 e. The van der Waals surface area contributed by atoms with Crippen LogP contribution in [0, 0.1) is 17.5 Å². The van der Waals surface area contributed by atoms with Crippen LogP contribution < -0.4 is 10.6 Å². The van der Waals surface area contributed by atoms with Gasteiger partial charge in [-0.3, -0.25) is 9.59 Å². The van der Waals surface area contributed by atoms with Gasteiger partial charge in [-0.25, -0.2) is 13.2 Å². The Balaban J connectivity index is 1.49. The van der Waals surface area contributed by atoms with Crippen molar-refractivity contribution < 1.29 is 22.8 Å². The molecule has 0 bridgehead atoms. The first-order chi connectivity index (χ1) is 14.4. The van der Waals surface area contributed by atoms with Crippen LogP contribution in [0.25, 0.3) is 0 Å². The number of benzene rings is 3. The molecule has 0 saturated heterocycles. The van der Waals surface area contributed by atoms with Crippen LogP contribution in [0.3, 0.4) is 0 Å². The van der Waals surface area contributed by atoms with E-state index in [2.05, 4.69) is 10.6 Å². The summed E-state index contributed by atoms with van der Waals surface area (Å²) in [5, 5.41) is 4.48. The van der Waals surface area contributed by atoms with E-state index in [0.717, 1.165) is 22.3 Å². The van der Waals surface area contributed by atoms with Crippen LogP contribution in [0.15, 0.2) is 71.6 Å². The molecule has 0 aliphatic heterocycles. The van der Waals surface area contributed by atoms with Crippen molar-refractivity contribution in [3.63, 3.8) is 0 Å². The molecule has 8 heteroatoms. The Labute approximate surface area is 175 Å². The third-order valence-corrected chi connectivity index (χ3v) is 5.17. The van der Waals surface area contributed by atoms with E-state index in [0.29, 0.717) is 11.6 Å². The van der Waals surface area contributed by atoms with Gasteiger partial charge in [0.05, 0.1) is 12.2 Å². The predicted molar refractivity (Wildman–Crippen MR) is 110 cm³/mol. The fourth-order valence-electron chi connectivity index (χ4n) is 2.52. The molecule has 30 heavy (non-hydrogen) atoms. The van der Waals surface area contributed by atoms with Crippen LogP contribution in [0.2, 0.25) is 0 Å². The molecule has 3 aromatic carbocycles. The third-order valence-electron chi connectivity index (χ3n) is 4.08. The van der Waals surface area contributed by atoms with Gasteiger partial charge in [0.2, 0.25) is 5.91 Å². The normalized spacial score (nSPS) is 10.5. The Kier molecular flexibility index (Phi) is 7.13. The van der Waals surface area contributed by atoms with E-state index in [1.54, 1.807) is 23.9 Å². The Morgan fingerprint density at radius 2 is 1.53 bits per heavy atom. The van der Waals surface area contributed by atoms with E-state index in [1.165, 1.54) is 0 Å². The Bertz CT molecular complexity index is 1040. The molecule has 154 valence electrons. The fourth-order valence-corrected chi connectivity index (χ4v) is 3.39. The number of hydrogen-bond acceptors (Lipinski definition) is 3. The largest absolute Gasteiger partial charge is 0.343 e. The minimum Gasteiger partial charge on any atom is -0.343 e. The van der Waals surface area contributed by atoms with Gasteiger partial charge in [-0.15, -0.1) is 11.8 Å². The van der Waals surface area contributed by atoms with E-state index in [9.17, 15) is 22.8 Å². The van der Waals surface area contributed by atoms with Gasteiger partial charge in [0.25, 0.3) is 5.91 Å². The number of halogens is 3. The number of thioether (sulfide) groups is 1. The van der Waals surface area contributed by atoms with Crippen molar-refractivity contribution in [1.82, 2.24) is 5.32 Å². The molecule has 0 atom stereocenters. The quantitative estimate of drug-likeness (QED) is 0.420. The molecular weight excluding hydrogens is 413 g/mol. The van der Waals surface area contributed by atoms with Crippen LogP contribution in [0.4, 0.5) is 18.9 Å². The maximum absolute atomic E-state index is 13.6. The third kappa shape index (κ3) is 5.64.